The predicted molar refractivity (Wildman–Crippen MR) is 209 cm³/mol. The third-order valence-corrected chi connectivity index (χ3v) is 10.6. The Bertz CT molecular complexity index is 2820. The van der Waals surface area contributed by atoms with Crippen molar-refractivity contribution < 1.29 is 0 Å². The number of nitrogens with zero attached hydrogens (tertiary/aromatic N) is 3. The van der Waals surface area contributed by atoms with E-state index in [2.05, 4.69) is 170 Å². The average molecular weight is 640 g/mol. The van der Waals surface area contributed by atoms with E-state index < -0.39 is 0 Å². The predicted octanol–water partition coefficient (Wildman–Crippen LogP) is 11.8. The van der Waals surface area contributed by atoms with E-state index in [4.69, 9.17) is 9.97 Å². The summed E-state index contributed by atoms with van der Waals surface area (Å²) in [6, 6.07) is 56.9. The van der Waals surface area contributed by atoms with Gasteiger partial charge in [-0.1, -0.05) is 141 Å². The Labute approximate surface area is 290 Å². The van der Waals surface area contributed by atoms with Crippen LogP contribution in [0.1, 0.15) is 36.1 Å². The molecular formula is C47H33N3. The van der Waals surface area contributed by atoms with Gasteiger partial charge in [-0.2, -0.15) is 0 Å². The van der Waals surface area contributed by atoms with Crippen LogP contribution in [0, 0.1) is 0 Å². The summed E-state index contributed by atoms with van der Waals surface area (Å²) in [4.78, 5) is 9.91. The molecule has 3 heterocycles. The highest BCUT2D eigenvalue weighted by Gasteiger charge is 2.41. The summed E-state index contributed by atoms with van der Waals surface area (Å²) >= 11 is 0. The summed E-state index contributed by atoms with van der Waals surface area (Å²) in [5, 5.41) is 4.70. The van der Waals surface area contributed by atoms with Crippen molar-refractivity contribution in [3.63, 3.8) is 0 Å². The second kappa shape index (κ2) is 10.8. The van der Waals surface area contributed by atoms with E-state index in [1.165, 1.54) is 55.2 Å². The quantitative estimate of drug-likeness (QED) is 0.179. The number of allylic oxidation sites excluding steroid dienone is 1. The maximum absolute atomic E-state index is 5.21. The van der Waals surface area contributed by atoms with Crippen molar-refractivity contribution in [2.45, 2.75) is 19.3 Å². The minimum Gasteiger partial charge on any atom is -0.309 e. The Kier molecular flexibility index (Phi) is 6.22. The molecule has 0 amide bonds. The molecule has 9 aromatic rings. The van der Waals surface area contributed by atoms with E-state index in [0.29, 0.717) is 0 Å². The molecule has 0 N–H and O–H groups in total. The zero-order valence-electron chi connectivity index (χ0n) is 27.9. The van der Waals surface area contributed by atoms with Crippen molar-refractivity contribution in [1.29, 1.82) is 0 Å². The number of para-hydroxylation sites is 1. The van der Waals surface area contributed by atoms with E-state index in [1.807, 2.05) is 12.3 Å². The van der Waals surface area contributed by atoms with Gasteiger partial charge in [0.2, 0.25) is 0 Å². The molecule has 3 aromatic heterocycles. The molecule has 3 heteroatoms. The molecule has 0 atom stereocenters. The van der Waals surface area contributed by atoms with Crippen molar-refractivity contribution in [3.05, 3.63) is 186 Å². The highest BCUT2D eigenvalue weighted by molar-refractivity contribution is 6.17. The van der Waals surface area contributed by atoms with Crippen LogP contribution in [0.4, 0.5) is 0 Å². The lowest BCUT2D eigenvalue weighted by atomic mass is 9.77. The largest absolute Gasteiger partial charge is 0.309 e. The van der Waals surface area contributed by atoms with Crippen LogP contribution < -0.4 is 0 Å². The molecule has 0 unspecified atom stereocenters. The summed E-state index contributed by atoms with van der Waals surface area (Å²) in [7, 11) is 0. The van der Waals surface area contributed by atoms with E-state index in [0.717, 1.165) is 38.8 Å². The number of fused-ring (bicyclic) bond motifs is 8. The Morgan fingerprint density at radius 1 is 0.540 bits per heavy atom. The van der Waals surface area contributed by atoms with Crippen LogP contribution in [0.3, 0.4) is 0 Å². The van der Waals surface area contributed by atoms with E-state index in [9.17, 15) is 0 Å². The number of aromatic nitrogens is 3. The highest BCUT2D eigenvalue weighted by atomic mass is 15.0. The molecule has 3 nitrogen and oxygen atoms in total. The summed E-state index contributed by atoms with van der Waals surface area (Å²) in [6.07, 6.45) is 1.85. The molecule has 236 valence electrons. The SMILES string of the molecule is CC1(C)C(c2ccccc2)=C(c2ccccc2)c2ccc3c4ccccc4n(-c4cccc(-c5ccc6ccc7cccnc7c6n5)c4)c3c21. The van der Waals surface area contributed by atoms with E-state index >= 15 is 0 Å². The lowest BCUT2D eigenvalue weighted by Gasteiger charge is -2.27. The summed E-state index contributed by atoms with van der Waals surface area (Å²) in [5.74, 6) is 0. The number of rotatable bonds is 4. The van der Waals surface area contributed by atoms with Crippen molar-refractivity contribution in [3.8, 4) is 16.9 Å². The van der Waals surface area contributed by atoms with Gasteiger partial charge in [-0.3, -0.25) is 4.98 Å². The first-order valence-corrected chi connectivity index (χ1v) is 17.3. The first kappa shape index (κ1) is 28.7. The zero-order valence-corrected chi connectivity index (χ0v) is 27.9. The lowest BCUT2D eigenvalue weighted by Crippen LogP contribution is -2.18. The third kappa shape index (κ3) is 4.17. The normalized spacial score (nSPS) is 13.9. The number of pyridine rings is 2. The minimum atomic E-state index is -0.279. The third-order valence-electron chi connectivity index (χ3n) is 10.6. The molecule has 0 spiro atoms. The van der Waals surface area contributed by atoms with Crippen LogP contribution >= 0.6 is 0 Å². The van der Waals surface area contributed by atoms with Crippen molar-refractivity contribution in [2.24, 2.45) is 0 Å². The summed E-state index contributed by atoms with van der Waals surface area (Å²) in [5.41, 5.74) is 15.0. The standard InChI is InChI=1S/C47H33N3/c1-47(2)42(31-15-7-4-8-16-31)41(30-13-5-3-6-14-30)38-26-25-37-36-20-9-10-21-40(36)50(46(37)43(38)47)35-19-11-17-34(29-35)39-27-24-33-23-22-32-18-12-28-48-44(32)45(33)49-39/h3-29H,1-2H3. The molecule has 6 aromatic carbocycles. The van der Waals surface area contributed by atoms with Gasteiger partial charge < -0.3 is 4.57 Å². The fraction of sp³-hybridized carbons (Fsp3) is 0.0638. The van der Waals surface area contributed by atoms with E-state index in [1.54, 1.807) is 0 Å². The highest BCUT2D eigenvalue weighted by Crippen LogP contribution is 2.56. The molecule has 1 aliphatic rings. The van der Waals surface area contributed by atoms with Gasteiger partial charge in [-0.15, -0.1) is 0 Å². The number of benzene rings is 6. The molecule has 0 fully saturated rings. The number of hydrogen-bond acceptors (Lipinski definition) is 2. The Balaban J connectivity index is 1.24. The fourth-order valence-corrected chi connectivity index (χ4v) is 8.44. The van der Waals surface area contributed by atoms with Gasteiger partial charge in [0.05, 0.1) is 27.8 Å². The molecule has 0 radical (unpaired) electrons. The van der Waals surface area contributed by atoms with Crippen molar-refractivity contribution in [1.82, 2.24) is 14.5 Å². The molecule has 0 saturated heterocycles. The lowest BCUT2D eigenvalue weighted by molar-refractivity contribution is 0.707. The van der Waals surface area contributed by atoms with Gasteiger partial charge in [-0.05, 0) is 63.7 Å². The van der Waals surface area contributed by atoms with Crippen LogP contribution in [0.15, 0.2) is 164 Å². The average Bonchev–Trinajstić information content (AvgIpc) is 3.63. The molecule has 10 rings (SSSR count). The van der Waals surface area contributed by atoms with Crippen LogP contribution in [-0.2, 0) is 5.41 Å². The molecule has 0 bridgehead atoms. The van der Waals surface area contributed by atoms with Gasteiger partial charge in [0, 0.05) is 44.4 Å². The van der Waals surface area contributed by atoms with Crippen molar-refractivity contribution >= 4 is 54.8 Å². The first-order chi connectivity index (χ1) is 24.6. The maximum Gasteiger partial charge on any atom is 0.0972 e. The molecule has 50 heavy (non-hydrogen) atoms. The Morgan fingerprint density at radius 3 is 2.06 bits per heavy atom. The second-order valence-corrected chi connectivity index (χ2v) is 13.8. The van der Waals surface area contributed by atoms with E-state index in [-0.39, 0.29) is 5.41 Å². The van der Waals surface area contributed by atoms with Gasteiger partial charge in [-0.25, -0.2) is 4.98 Å². The molecule has 0 aliphatic heterocycles. The zero-order chi connectivity index (χ0) is 33.4. The van der Waals surface area contributed by atoms with Crippen LogP contribution in [0.25, 0.3) is 71.7 Å². The molecule has 1 aliphatic carbocycles. The van der Waals surface area contributed by atoms with Crippen molar-refractivity contribution in [2.75, 3.05) is 0 Å². The summed E-state index contributed by atoms with van der Waals surface area (Å²) in [6.45, 7) is 4.80. The van der Waals surface area contributed by atoms with Gasteiger partial charge >= 0.3 is 0 Å². The van der Waals surface area contributed by atoms with Gasteiger partial charge in [0.15, 0.2) is 0 Å². The monoisotopic (exact) mass is 639 g/mol. The Hall–Kier alpha value is -6.32. The minimum absolute atomic E-state index is 0.279. The topological polar surface area (TPSA) is 30.7 Å². The molecule has 0 saturated carbocycles. The second-order valence-electron chi connectivity index (χ2n) is 13.8. The Morgan fingerprint density at radius 2 is 1.24 bits per heavy atom. The number of hydrogen-bond donors (Lipinski definition) is 0. The smallest absolute Gasteiger partial charge is 0.0972 e. The van der Waals surface area contributed by atoms with Gasteiger partial charge in [0.25, 0.3) is 0 Å². The maximum atomic E-state index is 5.21. The fourth-order valence-electron chi connectivity index (χ4n) is 8.44. The van der Waals surface area contributed by atoms with Crippen LogP contribution in [-0.4, -0.2) is 14.5 Å². The molecular weight excluding hydrogens is 607 g/mol. The van der Waals surface area contributed by atoms with Crippen LogP contribution in [0.5, 0.6) is 0 Å². The summed E-state index contributed by atoms with van der Waals surface area (Å²) < 4.78 is 2.49. The van der Waals surface area contributed by atoms with Crippen LogP contribution in [0.2, 0.25) is 0 Å². The first-order valence-electron chi connectivity index (χ1n) is 17.3. The van der Waals surface area contributed by atoms with Gasteiger partial charge in [0.1, 0.15) is 0 Å².